The van der Waals surface area contributed by atoms with Crippen LogP contribution >= 0.6 is 0 Å². The van der Waals surface area contributed by atoms with E-state index in [2.05, 4.69) is 16.7 Å². The predicted molar refractivity (Wildman–Crippen MR) is 60.2 cm³/mol. The molecule has 2 aromatic rings. The van der Waals surface area contributed by atoms with Crippen LogP contribution in [-0.4, -0.2) is 17.7 Å². The summed E-state index contributed by atoms with van der Waals surface area (Å²) < 4.78 is 7.66. The van der Waals surface area contributed by atoms with Gasteiger partial charge >= 0.3 is 0 Å². The Labute approximate surface area is 88.4 Å². The lowest BCUT2D eigenvalue weighted by Crippen LogP contribution is -2.20. The second-order valence-corrected chi connectivity index (χ2v) is 4.11. The fourth-order valence-electron chi connectivity index (χ4n) is 2.46. The van der Waals surface area contributed by atoms with Crippen LogP contribution in [0.1, 0.15) is 5.69 Å². The Kier molecular flexibility index (Phi) is 1.76. The van der Waals surface area contributed by atoms with Gasteiger partial charge in [0.05, 0.1) is 12.6 Å². The third kappa shape index (κ3) is 1.16. The molecule has 1 aliphatic rings. The van der Waals surface area contributed by atoms with Crippen molar-refractivity contribution < 1.29 is 4.74 Å². The zero-order valence-corrected chi connectivity index (χ0v) is 8.73. The first-order valence-corrected chi connectivity index (χ1v) is 5.20. The molecular weight excluding hydrogens is 188 g/mol. The van der Waals surface area contributed by atoms with Crippen molar-refractivity contribution in [2.24, 2.45) is 5.73 Å². The highest BCUT2D eigenvalue weighted by Crippen LogP contribution is 2.31. The molecule has 1 atom stereocenters. The fourth-order valence-corrected chi connectivity index (χ4v) is 2.46. The van der Waals surface area contributed by atoms with Gasteiger partial charge in [0.1, 0.15) is 5.75 Å². The Morgan fingerprint density at radius 1 is 1.47 bits per heavy atom. The maximum Gasteiger partial charge on any atom is 0.143 e. The summed E-state index contributed by atoms with van der Waals surface area (Å²) in [5.41, 5.74) is 8.45. The molecule has 0 bridgehead atoms. The minimum atomic E-state index is 0.259. The lowest BCUT2D eigenvalue weighted by atomic mass is 10.2. The second-order valence-electron chi connectivity index (χ2n) is 4.11. The van der Waals surface area contributed by atoms with Crippen LogP contribution in [0.5, 0.6) is 5.75 Å². The summed E-state index contributed by atoms with van der Waals surface area (Å²) in [6.07, 6.45) is 0.970. The van der Waals surface area contributed by atoms with Gasteiger partial charge < -0.3 is 15.0 Å². The highest BCUT2D eigenvalue weighted by atomic mass is 16.5. The summed E-state index contributed by atoms with van der Waals surface area (Å²) in [6, 6.07) is 8.62. The van der Waals surface area contributed by atoms with Crippen molar-refractivity contribution in [3.63, 3.8) is 0 Å². The van der Waals surface area contributed by atoms with E-state index in [1.165, 1.54) is 16.6 Å². The second kappa shape index (κ2) is 3.00. The van der Waals surface area contributed by atoms with Crippen molar-refractivity contribution in [2.45, 2.75) is 19.0 Å². The molecule has 0 fully saturated rings. The molecule has 15 heavy (non-hydrogen) atoms. The van der Waals surface area contributed by atoms with E-state index in [-0.39, 0.29) is 6.04 Å². The number of nitrogens with two attached hydrogens (primary N) is 1. The first-order chi connectivity index (χ1) is 7.29. The number of methoxy groups -OCH3 is 1. The summed E-state index contributed by atoms with van der Waals surface area (Å²) in [4.78, 5) is 0. The van der Waals surface area contributed by atoms with Crippen LogP contribution in [0.4, 0.5) is 0 Å². The zero-order chi connectivity index (χ0) is 10.4. The van der Waals surface area contributed by atoms with E-state index >= 15 is 0 Å². The molecule has 0 amide bonds. The van der Waals surface area contributed by atoms with Gasteiger partial charge in [0.2, 0.25) is 0 Å². The number of nitrogens with zero attached hydrogens (tertiary/aromatic N) is 1. The van der Waals surface area contributed by atoms with Crippen LogP contribution in [0.25, 0.3) is 10.9 Å². The van der Waals surface area contributed by atoms with Crippen molar-refractivity contribution >= 4 is 10.9 Å². The lowest BCUT2D eigenvalue weighted by molar-refractivity contribution is 0.417. The maximum atomic E-state index is 5.95. The monoisotopic (exact) mass is 202 g/mol. The number of ether oxygens (including phenoxy) is 1. The predicted octanol–water partition coefficient (Wildman–Crippen LogP) is 1.53. The van der Waals surface area contributed by atoms with E-state index in [1.807, 2.05) is 12.1 Å². The standard InChI is InChI=1S/C12H14N2O/c1-15-11-4-2-3-8-5-10-6-9(13)7-14(10)12(8)11/h2-5,9H,6-7,13H2,1H3. The quantitative estimate of drug-likeness (QED) is 0.761. The molecule has 2 N–H and O–H groups in total. The molecule has 78 valence electrons. The average molecular weight is 202 g/mol. The van der Waals surface area contributed by atoms with Gasteiger partial charge in [-0.1, -0.05) is 12.1 Å². The van der Waals surface area contributed by atoms with Gasteiger partial charge in [0.25, 0.3) is 0 Å². The topological polar surface area (TPSA) is 40.2 Å². The van der Waals surface area contributed by atoms with Crippen molar-refractivity contribution in [1.29, 1.82) is 0 Å². The normalized spacial score (nSPS) is 19.5. The van der Waals surface area contributed by atoms with E-state index < -0.39 is 0 Å². The van der Waals surface area contributed by atoms with Gasteiger partial charge in [-0.15, -0.1) is 0 Å². The molecule has 0 radical (unpaired) electrons. The number of para-hydroxylation sites is 1. The molecule has 1 aliphatic heterocycles. The average Bonchev–Trinajstić information content (AvgIpc) is 2.72. The number of rotatable bonds is 1. The summed E-state index contributed by atoms with van der Waals surface area (Å²) in [6.45, 7) is 0.902. The molecule has 1 aromatic carbocycles. The van der Waals surface area contributed by atoms with E-state index in [1.54, 1.807) is 7.11 Å². The zero-order valence-electron chi connectivity index (χ0n) is 8.73. The van der Waals surface area contributed by atoms with Gasteiger partial charge in [-0.3, -0.25) is 0 Å². The molecular formula is C12H14N2O. The van der Waals surface area contributed by atoms with E-state index in [9.17, 15) is 0 Å². The molecule has 1 aromatic heterocycles. The van der Waals surface area contributed by atoms with Gasteiger partial charge in [0.15, 0.2) is 0 Å². The first kappa shape index (κ1) is 8.80. The van der Waals surface area contributed by atoms with Crippen LogP contribution in [0.15, 0.2) is 24.3 Å². The fraction of sp³-hybridized carbons (Fsp3) is 0.333. The Morgan fingerprint density at radius 2 is 2.33 bits per heavy atom. The SMILES string of the molecule is COc1cccc2cc3n(c12)CC(N)C3. The minimum absolute atomic E-state index is 0.259. The van der Waals surface area contributed by atoms with Crippen LogP contribution in [0, 0.1) is 0 Å². The summed E-state index contributed by atoms with van der Waals surface area (Å²) >= 11 is 0. The van der Waals surface area contributed by atoms with E-state index in [4.69, 9.17) is 10.5 Å². The highest BCUT2D eigenvalue weighted by molar-refractivity contribution is 5.87. The number of hydrogen-bond donors (Lipinski definition) is 1. The molecule has 3 nitrogen and oxygen atoms in total. The Hall–Kier alpha value is -1.48. The smallest absolute Gasteiger partial charge is 0.143 e. The third-order valence-corrected chi connectivity index (χ3v) is 3.08. The first-order valence-electron chi connectivity index (χ1n) is 5.20. The van der Waals surface area contributed by atoms with Crippen molar-refractivity contribution in [3.05, 3.63) is 30.0 Å². The summed E-state index contributed by atoms with van der Waals surface area (Å²) in [5.74, 6) is 0.938. The Morgan fingerprint density at radius 3 is 3.13 bits per heavy atom. The van der Waals surface area contributed by atoms with Crippen molar-refractivity contribution in [1.82, 2.24) is 4.57 Å². The molecule has 3 rings (SSSR count). The van der Waals surface area contributed by atoms with Crippen LogP contribution < -0.4 is 10.5 Å². The lowest BCUT2D eigenvalue weighted by Gasteiger charge is -2.07. The highest BCUT2D eigenvalue weighted by Gasteiger charge is 2.21. The largest absolute Gasteiger partial charge is 0.495 e. The third-order valence-electron chi connectivity index (χ3n) is 3.08. The van der Waals surface area contributed by atoms with Gasteiger partial charge in [-0.05, 0) is 12.1 Å². The maximum absolute atomic E-state index is 5.95. The number of aromatic nitrogens is 1. The Bertz CT molecular complexity index is 516. The molecule has 0 saturated carbocycles. The van der Waals surface area contributed by atoms with Crippen molar-refractivity contribution in [3.8, 4) is 5.75 Å². The van der Waals surface area contributed by atoms with Gasteiger partial charge in [-0.2, -0.15) is 0 Å². The molecule has 0 saturated heterocycles. The number of benzene rings is 1. The number of hydrogen-bond acceptors (Lipinski definition) is 2. The van der Waals surface area contributed by atoms with Crippen LogP contribution in [0.2, 0.25) is 0 Å². The van der Waals surface area contributed by atoms with Gasteiger partial charge in [-0.25, -0.2) is 0 Å². The van der Waals surface area contributed by atoms with E-state index in [0.717, 1.165) is 18.7 Å². The molecule has 3 heteroatoms. The Balaban J connectivity index is 2.31. The van der Waals surface area contributed by atoms with E-state index in [0.29, 0.717) is 0 Å². The number of fused-ring (bicyclic) bond motifs is 3. The summed E-state index contributed by atoms with van der Waals surface area (Å²) in [5, 5.41) is 1.25. The van der Waals surface area contributed by atoms with Crippen molar-refractivity contribution in [2.75, 3.05) is 7.11 Å². The summed E-state index contributed by atoms with van der Waals surface area (Å²) in [7, 11) is 1.71. The van der Waals surface area contributed by atoms with Crippen LogP contribution in [-0.2, 0) is 13.0 Å². The molecule has 1 unspecified atom stereocenters. The van der Waals surface area contributed by atoms with Crippen LogP contribution in [0.3, 0.4) is 0 Å². The van der Waals surface area contributed by atoms with Gasteiger partial charge in [0, 0.05) is 30.1 Å². The molecule has 0 spiro atoms. The molecule has 0 aliphatic carbocycles. The minimum Gasteiger partial charge on any atom is -0.495 e. The molecule has 2 heterocycles.